The van der Waals surface area contributed by atoms with Gasteiger partial charge in [-0.2, -0.15) is 9.40 Å². The minimum atomic E-state index is -3.73. The third kappa shape index (κ3) is 3.35. The van der Waals surface area contributed by atoms with Crippen LogP contribution in [0.1, 0.15) is 23.3 Å². The van der Waals surface area contributed by atoms with E-state index in [1.807, 2.05) is 0 Å². The monoisotopic (exact) mass is 353 g/mol. The standard InChI is InChI=1S/C14H19N5O4S/c1-18-6-4-13(17-18)16-14(21)12-7-11(8-15-12)24(22,23)19-5-2-3-10(20)9-19/h4,6-8,10,15,20H,2-3,5,9H2,1H3,(H,16,17,21)/t10-/m1/s1. The Bertz CT molecular complexity index is 841. The number of β-amino-alcohol motifs (C(OH)–C–C–N with tert-alkyl or cyclic N) is 1. The highest BCUT2D eigenvalue weighted by atomic mass is 32.2. The van der Waals surface area contributed by atoms with Gasteiger partial charge in [-0.1, -0.05) is 0 Å². The van der Waals surface area contributed by atoms with E-state index in [0.717, 1.165) is 0 Å². The van der Waals surface area contributed by atoms with Gasteiger partial charge < -0.3 is 15.4 Å². The van der Waals surface area contributed by atoms with E-state index in [2.05, 4.69) is 15.4 Å². The lowest BCUT2D eigenvalue weighted by molar-refractivity contribution is 0.102. The maximum absolute atomic E-state index is 12.6. The number of carbonyl (C=O) groups excluding carboxylic acids is 1. The van der Waals surface area contributed by atoms with E-state index in [9.17, 15) is 18.3 Å². The molecule has 1 atom stereocenters. The molecular formula is C14H19N5O4S. The summed E-state index contributed by atoms with van der Waals surface area (Å²) in [5.41, 5.74) is 0.122. The molecule has 1 fully saturated rings. The number of aromatic amines is 1. The second kappa shape index (κ2) is 6.38. The van der Waals surface area contributed by atoms with Gasteiger partial charge >= 0.3 is 0 Å². The van der Waals surface area contributed by atoms with Crippen molar-refractivity contribution >= 4 is 21.7 Å². The average molecular weight is 353 g/mol. The number of piperidine rings is 1. The van der Waals surface area contributed by atoms with Crippen molar-refractivity contribution in [1.29, 1.82) is 0 Å². The number of hydrogen-bond acceptors (Lipinski definition) is 5. The van der Waals surface area contributed by atoms with Crippen LogP contribution >= 0.6 is 0 Å². The molecule has 1 amide bonds. The van der Waals surface area contributed by atoms with Gasteiger partial charge in [-0.3, -0.25) is 9.48 Å². The third-order valence-electron chi connectivity index (χ3n) is 3.85. The van der Waals surface area contributed by atoms with E-state index in [4.69, 9.17) is 0 Å². The predicted molar refractivity (Wildman–Crippen MR) is 86.0 cm³/mol. The van der Waals surface area contributed by atoms with Gasteiger partial charge in [0, 0.05) is 38.6 Å². The third-order valence-corrected chi connectivity index (χ3v) is 5.70. The Morgan fingerprint density at radius 2 is 2.29 bits per heavy atom. The van der Waals surface area contributed by atoms with Crippen LogP contribution in [0.15, 0.2) is 29.4 Å². The summed E-state index contributed by atoms with van der Waals surface area (Å²) in [6.07, 6.45) is 3.51. The number of hydrogen-bond donors (Lipinski definition) is 3. The Morgan fingerprint density at radius 3 is 2.96 bits per heavy atom. The van der Waals surface area contributed by atoms with Crippen LogP contribution in [-0.4, -0.2) is 57.7 Å². The smallest absolute Gasteiger partial charge is 0.273 e. The van der Waals surface area contributed by atoms with E-state index in [1.165, 1.54) is 16.6 Å². The van der Waals surface area contributed by atoms with Gasteiger partial charge in [0.1, 0.15) is 10.6 Å². The predicted octanol–water partition coefficient (Wildman–Crippen LogP) is 0.146. The first-order valence-corrected chi connectivity index (χ1v) is 8.98. The van der Waals surface area contributed by atoms with Crippen LogP contribution in [0.25, 0.3) is 0 Å². The van der Waals surface area contributed by atoms with Gasteiger partial charge in [0.2, 0.25) is 10.0 Å². The second-order valence-corrected chi connectivity index (χ2v) is 7.67. The molecule has 1 aliphatic heterocycles. The summed E-state index contributed by atoms with van der Waals surface area (Å²) in [7, 11) is -2.01. The molecule has 3 heterocycles. The Kier molecular flexibility index (Phi) is 4.43. The van der Waals surface area contributed by atoms with Crippen molar-refractivity contribution in [2.75, 3.05) is 18.4 Å². The molecule has 2 aromatic rings. The summed E-state index contributed by atoms with van der Waals surface area (Å²) in [6.45, 7) is 0.434. The van der Waals surface area contributed by atoms with Gasteiger partial charge in [-0.15, -0.1) is 0 Å². The molecule has 130 valence electrons. The molecule has 0 radical (unpaired) electrons. The minimum Gasteiger partial charge on any atom is -0.392 e. The number of aryl methyl sites for hydroxylation is 1. The minimum absolute atomic E-state index is 0.00257. The zero-order valence-corrected chi connectivity index (χ0v) is 14.0. The summed E-state index contributed by atoms with van der Waals surface area (Å²) in [5, 5.41) is 16.3. The van der Waals surface area contributed by atoms with Crippen molar-refractivity contribution in [3.63, 3.8) is 0 Å². The summed E-state index contributed by atoms with van der Waals surface area (Å²) in [6, 6.07) is 2.92. The van der Waals surface area contributed by atoms with E-state index in [1.54, 1.807) is 24.0 Å². The van der Waals surface area contributed by atoms with Crippen LogP contribution in [0.2, 0.25) is 0 Å². The Labute approximate surface area is 139 Å². The van der Waals surface area contributed by atoms with Crippen LogP contribution in [0, 0.1) is 0 Å². The van der Waals surface area contributed by atoms with E-state index < -0.39 is 22.0 Å². The van der Waals surface area contributed by atoms with Crippen LogP contribution in [0.4, 0.5) is 5.82 Å². The second-order valence-electron chi connectivity index (χ2n) is 5.74. The van der Waals surface area contributed by atoms with Gasteiger partial charge in [0.25, 0.3) is 5.91 Å². The lowest BCUT2D eigenvalue weighted by Gasteiger charge is -2.28. The average Bonchev–Trinajstić information content (AvgIpc) is 3.17. The summed E-state index contributed by atoms with van der Waals surface area (Å²) < 4.78 is 27.9. The number of carbonyl (C=O) groups is 1. The molecule has 1 aliphatic rings. The van der Waals surface area contributed by atoms with Crippen LogP contribution < -0.4 is 5.32 Å². The molecule has 0 aromatic carbocycles. The van der Waals surface area contributed by atoms with E-state index >= 15 is 0 Å². The fourth-order valence-electron chi connectivity index (χ4n) is 2.61. The highest BCUT2D eigenvalue weighted by Crippen LogP contribution is 2.21. The molecule has 10 heteroatoms. The molecular weight excluding hydrogens is 334 g/mol. The number of aromatic nitrogens is 3. The SMILES string of the molecule is Cn1ccc(NC(=O)c2cc(S(=O)(=O)N3CCC[C@@H](O)C3)c[nH]2)n1. The fourth-order valence-corrected chi connectivity index (χ4v) is 4.12. The summed E-state index contributed by atoms with van der Waals surface area (Å²) >= 11 is 0. The lowest BCUT2D eigenvalue weighted by atomic mass is 10.1. The molecule has 24 heavy (non-hydrogen) atoms. The quantitative estimate of drug-likeness (QED) is 0.722. The molecule has 1 saturated heterocycles. The molecule has 0 bridgehead atoms. The van der Waals surface area contributed by atoms with Crippen LogP contribution in [-0.2, 0) is 17.1 Å². The molecule has 0 unspecified atom stereocenters. The molecule has 0 aliphatic carbocycles. The number of H-pyrrole nitrogens is 1. The van der Waals surface area contributed by atoms with E-state index in [0.29, 0.717) is 25.2 Å². The van der Waals surface area contributed by atoms with Crippen molar-refractivity contribution in [2.45, 2.75) is 23.8 Å². The van der Waals surface area contributed by atoms with Gasteiger partial charge in [-0.25, -0.2) is 8.42 Å². The van der Waals surface area contributed by atoms with Crippen molar-refractivity contribution < 1.29 is 18.3 Å². The Morgan fingerprint density at radius 1 is 1.50 bits per heavy atom. The number of anilines is 1. The highest BCUT2D eigenvalue weighted by Gasteiger charge is 2.30. The summed E-state index contributed by atoms with van der Waals surface area (Å²) in [5.74, 6) is -0.102. The zero-order chi connectivity index (χ0) is 17.3. The number of sulfonamides is 1. The number of aliphatic hydroxyl groups is 1. The topological polar surface area (TPSA) is 120 Å². The van der Waals surface area contributed by atoms with Crippen LogP contribution in [0.5, 0.6) is 0 Å². The van der Waals surface area contributed by atoms with Crippen LogP contribution in [0.3, 0.4) is 0 Å². The molecule has 2 aromatic heterocycles. The van der Waals surface area contributed by atoms with E-state index in [-0.39, 0.29) is 17.1 Å². The Hall–Kier alpha value is -2.17. The highest BCUT2D eigenvalue weighted by molar-refractivity contribution is 7.89. The number of nitrogens with one attached hydrogen (secondary N) is 2. The first-order chi connectivity index (χ1) is 11.4. The normalized spacial score (nSPS) is 19.3. The maximum atomic E-state index is 12.6. The zero-order valence-electron chi connectivity index (χ0n) is 13.1. The van der Waals surface area contributed by atoms with Gasteiger partial charge in [-0.05, 0) is 18.9 Å². The number of rotatable bonds is 4. The fraction of sp³-hybridized carbons (Fsp3) is 0.429. The maximum Gasteiger partial charge on any atom is 0.273 e. The number of aliphatic hydroxyl groups excluding tert-OH is 1. The largest absolute Gasteiger partial charge is 0.392 e. The number of amides is 1. The van der Waals surface area contributed by atoms with Gasteiger partial charge in [0.15, 0.2) is 5.82 Å². The Balaban J connectivity index is 1.75. The van der Waals surface area contributed by atoms with Crippen molar-refractivity contribution in [3.8, 4) is 0 Å². The molecule has 0 spiro atoms. The van der Waals surface area contributed by atoms with Crippen molar-refractivity contribution in [3.05, 3.63) is 30.2 Å². The summed E-state index contributed by atoms with van der Waals surface area (Å²) in [4.78, 5) is 14.8. The van der Waals surface area contributed by atoms with Crippen molar-refractivity contribution in [1.82, 2.24) is 19.1 Å². The number of nitrogens with zero attached hydrogens (tertiary/aromatic N) is 3. The first kappa shape index (κ1) is 16.7. The lowest BCUT2D eigenvalue weighted by Crippen LogP contribution is -2.41. The molecule has 3 rings (SSSR count). The first-order valence-electron chi connectivity index (χ1n) is 7.54. The molecule has 0 saturated carbocycles. The van der Waals surface area contributed by atoms with Gasteiger partial charge in [0.05, 0.1) is 6.10 Å². The molecule has 3 N–H and O–H groups in total. The molecule has 9 nitrogen and oxygen atoms in total. The van der Waals surface area contributed by atoms with Crippen molar-refractivity contribution in [2.24, 2.45) is 7.05 Å².